The van der Waals surface area contributed by atoms with Crippen LogP contribution in [0.15, 0.2) is 51.7 Å². The lowest BCUT2D eigenvalue weighted by atomic mass is 10.2. The smallest absolute Gasteiger partial charge is 0.336 e. The molecule has 0 saturated heterocycles. The Morgan fingerprint density at radius 3 is 2.72 bits per heavy atom. The van der Waals surface area contributed by atoms with Crippen LogP contribution in [-0.4, -0.2) is 23.2 Å². The molecule has 2 heterocycles. The predicted octanol–water partition coefficient (Wildman–Crippen LogP) is 4.66. The van der Waals surface area contributed by atoms with E-state index in [1.54, 1.807) is 43.6 Å². The number of ether oxygens (including phenoxy) is 3. The van der Waals surface area contributed by atoms with Gasteiger partial charge in [0.25, 0.3) is 0 Å². The highest BCUT2D eigenvalue weighted by molar-refractivity contribution is 9.10. The Kier molecular flexibility index (Phi) is 6.66. The molecule has 0 spiro atoms. The Balaban J connectivity index is 1.67. The molecule has 0 saturated carbocycles. The van der Waals surface area contributed by atoms with Crippen molar-refractivity contribution < 1.29 is 23.5 Å². The second-order valence-corrected chi connectivity index (χ2v) is 6.80. The van der Waals surface area contributed by atoms with Crippen molar-refractivity contribution >= 4 is 28.0 Å². The second kappa shape index (κ2) is 9.38. The lowest BCUT2D eigenvalue weighted by Crippen LogP contribution is -2.04. The number of benzene rings is 1. The van der Waals surface area contributed by atoms with Gasteiger partial charge in [0.1, 0.15) is 17.0 Å². The van der Waals surface area contributed by atoms with Gasteiger partial charge in [-0.2, -0.15) is 0 Å². The van der Waals surface area contributed by atoms with Gasteiger partial charge in [0.15, 0.2) is 17.2 Å². The lowest BCUT2D eigenvalue weighted by molar-refractivity contribution is -0.128. The maximum atomic E-state index is 12.0. The number of methoxy groups -OCH3 is 1. The van der Waals surface area contributed by atoms with Gasteiger partial charge in [-0.3, -0.25) is 0 Å². The van der Waals surface area contributed by atoms with Gasteiger partial charge >= 0.3 is 5.97 Å². The maximum absolute atomic E-state index is 12.0. The monoisotopic (exact) mass is 458 g/mol. The first-order valence-electron chi connectivity index (χ1n) is 8.71. The molecule has 0 amide bonds. The SMILES string of the molecule is COc1cc(/C=C/C(=O)Oc2cccnc2Br)ccc1OCc1c(C)noc1C. The van der Waals surface area contributed by atoms with Crippen LogP contribution in [0, 0.1) is 13.8 Å². The van der Waals surface area contributed by atoms with Crippen LogP contribution in [0.2, 0.25) is 0 Å². The van der Waals surface area contributed by atoms with E-state index in [0.717, 1.165) is 22.6 Å². The summed E-state index contributed by atoms with van der Waals surface area (Å²) >= 11 is 3.23. The van der Waals surface area contributed by atoms with Crippen molar-refractivity contribution in [1.82, 2.24) is 10.1 Å². The largest absolute Gasteiger partial charge is 0.493 e. The quantitative estimate of drug-likeness (QED) is 0.289. The fraction of sp³-hybridized carbons (Fsp3) is 0.190. The molecule has 0 aliphatic rings. The number of aryl methyl sites for hydroxylation is 2. The fourth-order valence-electron chi connectivity index (χ4n) is 2.52. The molecule has 150 valence electrons. The number of pyridine rings is 1. The molecule has 0 aliphatic carbocycles. The molecule has 3 rings (SSSR count). The summed E-state index contributed by atoms with van der Waals surface area (Å²) in [6.07, 6.45) is 4.56. The summed E-state index contributed by atoms with van der Waals surface area (Å²) < 4.78 is 22.1. The first-order valence-corrected chi connectivity index (χ1v) is 9.50. The predicted molar refractivity (Wildman–Crippen MR) is 110 cm³/mol. The maximum Gasteiger partial charge on any atom is 0.336 e. The molecule has 1 aromatic carbocycles. The molecule has 2 aromatic heterocycles. The molecule has 7 nitrogen and oxygen atoms in total. The Labute approximate surface area is 176 Å². The van der Waals surface area contributed by atoms with Crippen molar-refractivity contribution in [3.8, 4) is 17.2 Å². The van der Waals surface area contributed by atoms with Gasteiger partial charge in [-0.1, -0.05) is 11.2 Å². The van der Waals surface area contributed by atoms with Crippen LogP contribution in [0.4, 0.5) is 0 Å². The van der Waals surface area contributed by atoms with Crippen LogP contribution in [0.3, 0.4) is 0 Å². The number of halogens is 1. The number of nitrogens with zero attached hydrogens (tertiary/aromatic N) is 2. The van der Waals surface area contributed by atoms with E-state index in [1.807, 2.05) is 19.9 Å². The molecule has 8 heteroatoms. The van der Waals surface area contributed by atoms with Crippen LogP contribution in [0.1, 0.15) is 22.6 Å². The van der Waals surface area contributed by atoms with E-state index in [2.05, 4.69) is 26.1 Å². The van der Waals surface area contributed by atoms with Gasteiger partial charge in [-0.25, -0.2) is 9.78 Å². The van der Waals surface area contributed by atoms with E-state index < -0.39 is 5.97 Å². The third kappa shape index (κ3) is 5.23. The molecule has 0 N–H and O–H groups in total. The van der Waals surface area contributed by atoms with E-state index in [4.69, 9.17) is 18.7 Å². The number of esters is 1. The van der Waals surface area contributed by atoms with Crippen molar-refractivity contribution in [2.45, 2.75) is 20.5 Å². The molecule has 0 radical (unpaired) electrons. The van der Waals surface area contributed by atoms with Crippen LogP contribution in [0.25, 0.3) is 6.08 Å². The van der Waals surface area contributed by atoms with E-state index in [0.29, 0.717) is 28.5 Å². The molecule has 29 heavy (non-hydrogen) atoms. The summed E-state index contributed by atoms with van der Waals surface area (Å²) in [7, 11) is 1.56. The average Bonchev–Trinajstić information content (AvgIpc) is 3.04. The molecule has 0 unspecified atom stereocenters. The highest BCUT2D eigenvalue weighted by Gasteiger charge is 2.12. The summed E-state index contributed by atoms with van der Waals surface area (Å²) in [5.74, 6) is 1.67. The lowest BCUT2D eigenvalue weighted by Gasteiger charge is -2.11. The summed E-state index contributed by atoms with van der Waals surface area (Å²) in [4.78, 5) is 16.0. The van der Waals surface area contributed by atoms with Crippen molar-refractivity contribution in [2.75, 3.05) is 7.11 Å². The number of aromatic nitrogens is 2. The van der Waals surface area contributed by atoms with Gasteiger partial charge in [-0.05, 0) is 65.7 Å². The standard InChI is InChI=1S/C21H19BrN2O5/c1-13-16(14(2)29-24-13)12-27-17-8-6-15(11-19(17)26-3)7-9-20(25)28-18-5-4-10-23-21(18)22/h4-11H,12H2,1-3H3/b9-7+. The second-order valence-electron chi connectivity index (χ2n) is 6.05. The molecule has 0 atom stereocenters. The van der Waals surface area contributed by atoms with E-state index >= 15 is 0 Å². The van der Waals surface area contributed by atoms with E-state index in [1.165, 1.54) is 6.08 Å². The number of hydrogen-bond donors (Lipinski definition) is 0. The zero-order chi connectivity index (χ0) is 20.8. The average molecular weight is 459 g/mol. The summed E-state index contributed by atoms with van der Waals surface area (Å²) in [5, 5.41) is 3.92. The Bertz CT molecular complexity index is 1030. The van der Waals surface area contributed by atoms with Crippen LogP contribution in [0.5, 0.6) is 17.2 Å². The Hall–Kier alpha value is -3.13. The van der Waals surface area contributed by atoms with Crippen molar-refractivity contribution in [3.05, 3.63) is 69.8 Å². The Morgan fingerprint density at radius 2 is 2.03 bits per heavy atom. The van der Waals surface area contributed by atoms with Crippen molar-refractivity contribution in [2.24, 2.45) is 0 Å². The Morgan fingerprint density at radius 1 is 1.21 bits per heavy atom. The molecule has 3 aromatic rings. The van der Waals surface area contributed by atoms with Crippen LogP contribution < -0.4 is 14.2 Å². The minimum absolute atomic E-state index is 0.318. The first-order chi connectivity index (χ1) is 14.0. The first kappa shape index (κ1) is 20.6. The minimum atomic E-state index is -0.517. The zero-order valence-electron chi connectivity index (χ0n) is 16.1. The summed E-state index contributed by atoms with van der Waals surface area (Å²) in [5.41, 5.74) is 2.45. The topological polar surface area (TPSA) is 83.7 Å². The number of carbonyl (C=O) groups excluding carboxylic acids is 1. The van der Waals surface area contributed by atoms with Gasteiger partial charge in [0, 0.05) is 12.3 Å². The molecular formula is C21H19BrN2O5. The third-order valence-electron chi connectivity index (χ3n) is 4.09. The highest BCUT2D eigenvalue weighted by atomic mass is 79.9. The highest BCUT2D eigenvalue weighted by Crippen LogP contribution is 2.30. The molecule has 0 fully saturated rings. The third-order valence-corrected chi connectivity index (χ3v) is 4.68. The zero-order valence-corrected chi connectivity index (χ0v) is 17.7. The van der Waals surface area contributed by atoms with Gasteiger partial charge in [0.05, 0.1) is 18.4 Å². The number of hydrogen-bond acceptors (Lipinski definition) is 7. The number of rotatable bonds is 7. The summed E-state index contributed by atoms with van der Waals surface area (Å²) in [6, 6.07) is 8.70. The van der Waals surface area contributed by atoms with Gasteiger partial charge < -0.3 is 18.7 Å². The van der Waals surface area contributed by atoms with Crippen molar-refractivity contribution in [1.29, 1.82) is 0 Å². The minimum Gasteiger partial charge on any atom is -0.493 e. The van der Waals surface area contributed by atoms with E-state index in [9.17, 15) is 4.79 Å². The van der Waals surface area contributed by atoms with Crippen LogP contribution in [-0.2, 0) is 11.4 Å². The van der Waals surface area contributed by atoms with Crippen molar-refractivity contribution in [3.63, 3.8) is 0 Å². The fourth-order valence-corrected chi connectivity index (χ4v) is 2.85. The number of carbonyl (C=O) groups is 1. The normalized spacial score (nSPS) is 10.9. The summed E-state index contributed by atoms with van der Waals surface area (Å²) in [6.45, 7) is 4.02. The molecular weight excluding hydrogens is 440 g/mol. The molecule has 0 bridgehead atoms. The van der Waals surface area contributed by atoms with Gasteiger partial charge in [0.2, 0.25) is 0 Å². The van der Waals surface area contributed by atoms with E-state index in [-0.39, 0.29) is 0 Å². The molecule has 0 aliphatic heterocycles. The van der Waals surface area contributed by atoms with Gasteiger partial charge in [-0.15, -0.1) is 0 Å². The van der Waals surface area contributed by atoms with Crippen LogP contribution >= 0.6 is 15.9 Å².